The van der Waals surface area contributed by atoms with Crippen LogP contribution in [0, 0.1) is 0 Å². The molecule has 0 aromatic heterocycles. The van der Waals surface area contributed by atoms with Crippen molar-refractivity contribution in [3.8, 4) is 11.5 Å². The van der Waals surface area contributed by atoms with Crippen LogP contribution < -0.4 is 10.2 Å². The molecule has 0 spiro atoms. The maximum atomic E-state index is 12.4. The van der Waals surface area contributed by atoms with E-state index in [0.29, 0.717) is 11.3 Å². The van der Waals surface area contributed by atoms with Crippen LogP contribution in [0.15, 0.2) is 52.6 Å². The quantitative estimate of drug-likeness (QED) is 0.448. The summed E-state index contributed by atoms with van der Waals surface area (Å²) in [6.07, 6.45) is 2.06. The van der Waals surface area contributed by atoms with Crippen LogP contribution in [0.1, 0.15) is 37.0 Å². The van der Waals surface area contributed by atoms with E-state index >= 15 is 0 Å². The van der Waals surface area contributed by atoms with Gasteiger partial charge >= 0.3 is 5.91 Å². The van der Waals surface area contributed by atoms with Gasteiger partial charge in [-0.15, -0.1) is 0 Å². The Bertz CT molecular complexity index is 1010. The molecular formula is C22H23N3O4. The molecule has 150 valence electrons. The number of nitrogens with zero attached hydrogens (tertiary/aromatic N) is 2. The summed E-state index contributed by atoms with van der Waals surface area (Å²) in [4.78, 5) is 29.2. The SMILES string of the molecule is COc1cc(/C=N/NC(=O)C(=O)CC2=NC(C)(C)Cc3ccccc32)ccc1O. The molecule has 3 rings (SSSR count). The summed E-state index contributed by atoms with van der Waals surface area (Å²) < 4.78 is 5.02. The predicted octanol–water partition coefficient (Wildman–Crippen LogP) is 2.63. The van der Waals surface area contributed by atoms with Crippen LogP contribution in [0.4, 0.5) is 0 Å². The number of carbonyl (C=O) groups is 2. The van der Waals surface area contributed by atoms with E-state index in [4.69, 9.17) is 4.74 Å². The second-order valence-corrected chi connectivity index (χ2v) is 7.44. The smallest absolute Gasteiger partial charge is 0.307 e. The molecule has 1 amide bonds. The van der Waals surface area contributed by atoms with Crippen molar-refractivity contribution >= 4 is 23.6 Å². The Morgan fingerprint density at radius 2 is 2.03 bits per heavy atom. The van der Waals surface area contributed by atoms with Crippen LogP contribution in [0.2, 0.25) is 0 Å². The summed E-state index contributed by atoms with van der Waals surface area (Å²) in [5.41, 5.74) is 5.16. The number of phenols is 1. The number of Topliss-reactive ketones (excluding diaryl/α,β-unsaturated/α-hetero) is 1. The number of phenolic OH excluding ortho intramolecular Hbond substituents is 1. The molecule has 0 saturated carbocycles. The number of carbonyl (C=O) groups excluding carboxylic acids is 2. The molecule has 1 aliphatic rings. The van der Waals surface area contributed by atoms with Crippen LogP contribution in [0.25, 0.3) is 0 Å². The van der Waals surface area contributed by atoms with Gasteiger partial charge in [-0.25, -0.2) is 5.43 Å². The maximum Gasteiger partial charge on any atom is 0.307 e. The Labute approximate surface area is 169 Å². The lowest BCUT2D eigenvalue weighted by Gasteiger charge is -2.28. The average Bonchev–Trinajstić information content (AvgIpc) is 2.68. The molecule has 2 N–H and O–H groups in total. The molecule has 29 heavy (non-hydrogen) atoms. The number of ether oxygens (including phenoxy) is 1. The first-order chi connectivity index (χ1) is 13.8. The Morgan fingerprint density at radius 1 is 1.28 bits per heavy atom. The first-order valence-electron chi connectivity index (χ1n) is 9.19. The van der Waals surface area contributed by atoms with E-state index in [-0.39, 0.29) is 23.5 Å². The number of hydrazone groups is 1. The highest BCUT2D eigenvalue weighted by Crippen LogP contribution is 2.28. The van der Waals surface area contributed by atoms with E-state index in [1.807, 2.05) is 38.1 Å². The second-order valence-electron chi connectivity index (χ2n) is 7.44. The van der Waals surface area contributed by atoms with Crippen molar-refractivity contribution < 1.29 is 19.4 Å². The van der Waals surface area contributed by atoms with Crippen LogP contribution in [-0.2, 0) is 16.0 Å². The van der Waals surface area contributed by atoms with Gasteiger partial charge in [0.15, 0.2) is 11.5 Å². The van der Waals surface area contributed by atoms with E-state index in [9.17, 15) is 14.7 Å². The number of ketones is 1. The minimum atomic E-state index is -0.810. The van der Waals surface area contributed by atoms with E-state index in [1.54, 1.807) is 12.1 Å². The van der Waals surface area contributed by atoms with Gasteiger partial charge in [0.05, 0.1) is 31.0 Å². The van der Waals surface area contributed by atoms with Crippen molar-refractivity contribution in [2.45, 2.75) is 32.2 Å². The third-order valence-corrected chi connectivity index (χ3v) is 4.55. The zero-order chi connectivity index (χ0) is 21.0. The van der Waals surface area contributed by atoms with Gasteiger partial charge in [-0.1, -0.05) is 24.3 Å². The highest BCUT2D eigenvalue weighted by atomic mass is 16.5. The van der Waals surface area contributed by atoms with E-state index in [2.05, 4.69) is 15.5 Å². The molecule has 0 unspecified atom stereocenters. The summed E-state index contributed by atoms with van der Waals surface area (Å²) in [5.74, 6) is -1.14. The molecule has 0 bridgehead atoms. The highest BCUT2D eigenvalue weighted by molar-refractivity contribution is 6.40. The number of nitrogens with one attached hydrogen (secondary N) is 1. The summed E-state index contributed by atoms with van der Waals surface area (Å²) in [7, 11) is 1.43. The fourth-order valence-corrected chi connectivity index (χ4v) is 3.26. The first kappa shape index (κ1) is 20.3. The summed E-state index contributed by atoms with van der Waals surface area (Å²) >= 11 is 0. The second kappa shape index (κ2) is 8.26. The molecule has 2 aromatic carbocycles. The first-order valence-corrected chi connectivity index (χ1v) is 9.19. The van der Waals surface area contributed by atoms with Crippen LogP contribution >= 0.6 is 0 Å². The number of benzene rings is 2. The molecule has 0 radical (unpaired) electrons. The van der Waals surface area contributed by atoms with Crippen molar-refractivity contribution in [2.24, 2.45) is 10.1 Å². The molecule has 7 nitrogen and oxygen atoms in total. The lowest BCUT2D eigenvalue weighted by molar-refractivity contribution is -0.137. The molecule has 7 heteroatoms. The lowest BCUT2D eigenvalue weighted by Crippen LogP contribution is -2.33. The normalized spacial score (nSPS) is 14.8. The Balaban J connectivity index is 1.66. The Kier molecular flexibility index (Phi) is 5.77. The number of amides is 1. The van der Waals surface area contributed by atoms with Crippen molar-refractivity contribution in [3.05, 3.63) is 59.2 Å². The number of hydrogen-bond acceptors (Lipinski definition) is 6. The van der Waals surface area contributed by atoms with Crippen molar-refractivity contribution in [1.29, 1.82) is 0 Å². The minimum Gasteiger partial charge on any atom is -0.504 e. The molecule has 1 heterocycles. The van der Waals surface area contributed by atoms with Gasteiger partial charge < -0.3 is 9.84 Å². The zero-order valence-corrected chi connectivity index (χ0v) is 16.6. The predicted molar refractivity (Wildman–Crippen MR) is 111 cm³/mol. The Hall–Kier alpha value is -3.48. The third-order valence-electron chi connectivity index (χ3n) is 4.55. The van der Waals surface area contributed by atoms with Crippen LogP contribution in [0.5, 0.6) is 11.5 Å². The average molecular weight is 393 g/mol. The molecule has 1 aliphatic heterocycles. The number of rotatable bonds is 6. The van der Waals surface area contributed by atoms with Crippen LogP contribution in [-0.4, -0.2) is 41.4 Å². The standard InChI is InChI=1S/C22H23N3O4/c1-22(2)12-15-6-4-5-7-16(15)17(24-22)11-19(27)21(28)25-23-13-14-8-9-18(26)20(10-14)29-3/h4-10,13,26H,11-12H2,1-3H3,(H,25,28)/b23-13+. The number of aliphatic imine (C=N–C) groups is 1. The Morgan fingerprint density at radius 3 is 2.79 bits per heavy atom. The van der Waals surface area contributed by atoms with Crippen molar-refractivity contribution in [2.75, 3.05) is 7.11 Å². The number of fused-ring (bicyclic) bond motifs is 1. The topological polar surface area (TPSA) is 100 Å². The molecule has 0 fully saturated rings. The largest absolute Gasteiger partial charge is 0.504 e. The van der Waals surface area contributed by atoms with Gasteiger partial charge in [-0.3, -0.25) is 14.6 Å². The molecule has 2 aromatic rings. The van der Waals surface area contributed by atoms with E-state index in [1.165, 1.54) is 19.4 Å². The van der Waals surface area contributed by atoms with Gasteiger partial charge in [0.2, 0.25) is 5.78 Å². The fourth-order valence-electron chi connectivity index (χ4n) is 3.26. The minimum absolute atomic E-state index is 0.000301. The van der Waals surface area contributed by atoms with Crippen molar-refractivity contribution in [1.82, 2.24) is 5.43 Å². The summed E-state index contributed by atoms with van der Waals surface area (Å²) in [6, 6.07) is 12.4. The number of aromatic hydroxyl groups is 1. The van der Waals surface area contributed by atoms with Crippen LogP contribution in [0.3, 0.4) is 0 Å². The highest BCUT2D eigenvalue weighted by Gasteiger charge is 2.28. The maximum absolute atomic E-state index is 12.4. The fraction of sp³-hybridized carbons (Fsp3) is 0.273. The van der Waals surface area contributed by atoms with Gasteiger partial charge in [0.25, 0.3) is 0 Å². The summed E-state index contributed by atoms with van der Waals surface area (Å²) in [5, 5.41) is 13.4. The molecule has 0 saturated heterocycles. The van der Waals surface area contributed by atoms with Gasteiger partial charge in [0.1, 0.15) is 0 Å². The summed E-state index contributed by atoms with van der Waals surface area (Å²) in [6.45, 7) is 4.01. The van der Waals surface area contributed by atoms with Gasteiger partial charge in [-0.05, 0) is 55.2 Å². The third kappa shape index (κ3) is 4.87. The monoisotopic (exact) mass is 393 g/mol. The zero-order valence-electron chi connectivity index (χ0n) is 16.6. The van der Waals surface area contributed by atoms with E-state index in [0.717, 1.165) is 17.5 Å². The molecule has 0 aliphatic carbocycles. The molecular weight excluding hydrogens is 370 g/mol. The van der Waals surface area contributed by atoms with Gasteiger partial charge in [0, 0.05) is 0 Å². The number of hydrogen-bond donors (Lipinski definition) is 2. The van der Waals surface area contributed by atoms with Crippen molar-refractivity contribution in [3.63, 3.8) is 0 Å². The van der Waals surface area contributed by atoms with Gasteiger partial charge in [-0.2, -0.15) is 5.10 Å². The number of methoxy groups -OCH3 is 1. The van der Waals surface area contributed by atoms with E-state index < -0.39 is 11.7 Å². The molecule has 0 atom stereocenters. The lowest BCUT2D eigenvalue weighted by atomic mass is 9.85.